The summed E-state index contributed by atoms with van der Waals surface area (Å²) in [5.74, 6) is 0. The van der Waals surface area contributed by atoms with Crippen LogP contribution in [0.15, 0.2) is 24.3 Å². The Labute approximate surface area is 114 Å². The summed E-state index contributed by atoms with van der Waals surface area (Å²) in [7, 11) is 0. The number of amides is 1. The Morgan fingerprint density at radius 3 is 2.70 bits per heavy atom. The molecule has 2 N–H and O–H groups in total. The Morgan fingerprint density at radius 2 is 2.05 bits per heavy atom. The lowest BCUT2D eigenvalue weighted by atomic mass is 10.1. The minimum absolute atomic E-state index is 0.0564. The fraction of sp³-hybridized carbons (Fsp3) is 0.462. The minimum atomic E-state index is -4.44. The number of carbonyl (C=O) groups is 1. The van der Waals surface area contributed by atoms with Gasteiger partial charge < -0.3 is 10.5 Å². The van der Waals surface area contributed by atoms with Crippen molar-refractivity contribution in [1.82, 2.24) is 4.90 Å². The van der Waals surface area contributed by atoms with Crippen LogP contribution in [0.25, 0.3) is 0 Å². The van der Waals surface area contributed by atoms with Gasteiger partial charge in [0, 0.05) is 0 Å². The topological polar surface area (TPSA) is 55.6 Å². The summed E-state index contributed by atoms with van der Waals surface area (Å²) in [6, 6.07) is 4.95. The van der Waals surface area contributed by atoms with Crippen molar-refractivity contribution in [3.63, 3.8) is 0 Å². The van der Waals surface area contributed by atoms with Crippen molar-refractivity contribution in [2.75, 3.05) is 13.2 Å². The Kier molecular flexibility index (Phi) is 4.17. The minimum Gasteiger partial charge on any atom is -0.447 e. The Hall–Kier alpha value is -1.76. The summed E-state index contributed by atoms with van der Waals surface area (Å²) < 4.78 is 43.6. The molecule has 4 nitrogen and oxygen atoms in total. The lowest BCUT2D eigenvalue weighted by Crippen LogP contribution is -2.35. The molecule has 1 aromatic carbocycles. The zero-order valence-electron chi connectivity index (χ0n) is 10.7. The molecule has 0 spiro atoms. The number of hydrogen-bond donors (Lipinski definition) is 1. The average Bonchev–Trinajstić information content (AvgIpc) is 2.71. The van der Waals surface area contributed by atoms with Crippen LogP contribution in [-0.4, -0.2) is 30.2 Å². The molecule has 20 heavy (non-hydrogen) atoms. The number of nitrogens with zero attached hydrogens (tertiary/aromatic N) is 1. The molecular weight excluding hydrogens is 273 g/mol. The molecule has 0 radical (unpaired) electrons. The van der Waals surface area contributed by atoms with E-state index in [0.29, 0.717) is 13.0 Å². The van der Waals surface area contributed by atoms with Crippen LogP contribution in [0.4, 0.5) is 18.0 Å². The van der Waals surface area contributed by atoms with Crippen molar-refractivity contribution in [3.05, 3.63) is 35.4 Å². The Morgan fingerprint density at radius 1 is 1.35 bits per heavy atom. The Bertz CT molecular complexity index is 491. The third-order valence-electron chi connectivity index (χ3n) is 3.24. The highest BCUT2D eigenvalue weighted by Gasteiger charge is 2.37. The second-order valence-electron chi connectivity index (χ2n) is 4.59. The third kappa shape index (κ3) is 3.04. The van der Waals surface area contributed by atoms with Crippen molar-refractivity contribution < 1.29 is 22.7 Å². The molecule has 0 bridgehead atoms. The predicted molar refractivity (Wildman–Crippen MR) is 65.8 cm³/mol. The number of rotatable bonds is 4. The van der Waals surface area contributed by atoms with Crippen LogP contribution in [0.3, 0.4) is 0 Å². The van der Waals surface area contributed by atoms with Gasteiger partial charge in [0.1, 0.15) is 6.61 Å². The molecule has 0 aliphatic carbocycles. The first-order chi connectivity index (χ1) is 9.43. The van der Waals surface area contributed by atoms with Crippen LogP contribution in [0, 0.1) is 0 Å². The van der Waals surface area contributed by atoms with E-state index in [4.69, 9.17) is 10.5 Å². The summed E-state index contributed by atoms with van der Waals surface area (Å²) in [4.78, 5) is 12.9. The van der Waals surface area contributed by atoms with Gasteiger partial charge in [0.15, 0.2) is 0 Å². The lowest BCUT2D eigenvalue weighted by molar-refractivity contribution is -0.138. The van der Waals surface area contributed by atoms with E-state index in [1.54, 1.807) is 0 Å². The fourth-order valence-electron chi connectivity index (χ4n) is 2.23. The summed E-state index contributed by atoms with van der Waals surface area (Å²) in [5, 5.41) is 0. The van der Waals surface area contributed by atoms with Crippen molar-refractivity contribution in [1.29, 1.82) is 0 Å². The van der Waals surface area contributed by atoms with Gasteiger partial charge in [-0.2, -0.15) is 13.2 Å². The van der Waals surface area contributed by atoms with Gasteiger partial charge in [0.25, 0.3) is 0 Å². The second-order valence-corrected chi connectivity index (χ2v) is 4.59. The van der Waals surface area contributed by atoms with E-state index < -0.39 is 17.8 Å². The standard InChI is InChI=1S/C13H15F3N2O2/c14-13(15,16)11-4-2-1-3-9(11)7-18-10(5-6-17)8-20-12(18)19/h1-4,10H,5-8,17H2. The highest BCUT2D eigenvalue weighted by atomic mass is 19.4. The number of nitrogens with two attached hydrogens (primary N) is 1. The molecule has 1 atom stereocenters. The molecule has 1 aliphatic heterocycles. The number of halogens is 3. The van der Waals surface area contributed by atoms with Gasteiger partial charge in [-0.15, -0.1) is 0 Å². The number of benzene rings is 1. The van der Waals surface area contributed by atoms with Gasteiger partial charge >= 0.3 is 12.3 Å². The quantitative estimate of drug-likeness (QED) is 0.925. The molecule has 0 aromatic heterocycles. The molecule has 1 heterocycles. The van der Waals surface area contributed by atoms with Crippen molar-refractivity contribution in [3.8, 4) is 0 Å². The van der Waals surface area contributed by atoms with E-state index in [-0.39, 0.29) is 24.8 Å². The number of carbonyl (C=O) groups excluding carboxylic acids is 1. The molecule has 0 saturated carbocycles. The molecular formula is C13H15F3N2O2. The van der Waals surface area contributed by atoms with Gasteiger partial charge in [-0.05, 0) is 24.6 Å². The van der Waals surface area contributed by atoms with E-state index in [0.717, 1.165) is 6.07 Å². The highest BCUT2D eigenvalue weighted by Crippen LogP contribution is 2.33. The van der Waals surface area contributed by atoms with Crippen LogP contribution in [0.1, 0.15) is 17.5 Å². The van der Waals surface area contributed by atoms with E-state index in [9.17, 15) is 18.0 Å². The van der Waals surface area contributed by atoms with E-state index in [2.05, 4.69) is 0 Å². The molecule has 1 saturated heterocycles. The maximum Gasteiger partial charge on any atom is 0.416 e. The van der Waals surface area contributed by atoms with E-state index in [1.165, 1.54) is 23.1 Å². The first-order valence-electron chi connectivity index (χ1n) is 6.22. The van der Waals surface area contributed by atoms with Crippen molar-refractivity contribution in [2.24, 2.45) is 5.73 Å². The molecule has 2 rings (SSSR count). The molecule has 1 unspecified atom stereocenters. The zero-order valence-corrected chi connectivity index (χ0v) is 10.7. The van der Waals surface area contributed by atoms with E-state index in [1.807, 2.05) is 0 Å². The largest absolute Gasteiger partial charge is 0.447 e. The summed E-state index contributed by atoms with van der Waals surface area (Å²) >= 11 is 0. The van der Waals surface area contributed by atoms with Gasteiger partial charge in [-0.3, -0.25) is 4.90 Å². The van der Waals surface area contributed by atoms with Gasteiger partial charge in [0.2, 0.25) is 0 Å². The van der Waals surface area contributed by atoms with Gasteiger partial charge in [-0.1, -0.05) is 18.2 Å². The molecule has 1 fully saturated rings. The number of alkyl halides is 3. The lowest BCUT2D eigenvalue weighted by Gasteiger charge is -2.22. The molecule has 110 valence electrons. The van der Waals surface area contributed by atoms with Crippen LogP contribution < -0.4 is 5.73 Å². The number of cyclic esters (lactones) is 1. The van der Waals surface area contributed by atoms with Crippen molar-refractivity contribution >= 4 is 6.09 Å². The first kappa shape index (κ1) is 14.6. The molecule has 7 heteroatoms. The number of ether oxygens (including phenoxy) is 1. The van der Waals surface area contributed by atoms with Gasteiger partial charge in [0.05, 0.1) is 18.2 Å². The van der Waals surface area contributed by atoms with E-state index >= 15 is 0 Å². The summed E-state index contributed by atoms with van der Waals surface area (Å²) in [5.41, 5.74) is 4.76. The second kappa shape index (κ2) is 5.70. The predicted octanol–water partition coefficient (Wildman–Crippen LogP) is 2.38. The number of hydrogen-bond acceptors (Lipinski definition) is 3. The average molecular weight is 288 g/mol. The zero-order chi connectivity index (χ0) is 14.8. The fourth-order valence-corrected chi connectivity index (χ4v) is 2.23. The normalized spacial score (nSPS) is 19.3. The highest BCUT2D eigenvalue weighted by molar-refractivity contribution is 5.70. The maximum absolute atomic E-state index is 12.9. The maximum atomic E-state index is 12.9. The third-order valence-corrected chi connectivity index (χ3v) is 3.24. The van der Waals surface area contributed by atoms with Crippen LogP contribution >= 0.6 is 0 Å². The summed E-state index contributed by atoms with van der Waals surface area (Å²) in [6.45, 7) is 0.391. The van der Waals surface area contributed by atoms with Crippen LogP contribution in [0.2, 0.25) is 0 Å². The summed E-state index contributed by atoms with van der Waals surface area (Å²) in [6.07, 6.45) is -4.54. The smallest absolute Gasteiger partial charge is 0.416 e. The van der Waals surface area contributed by atoms with Crippen LogP contribution in [-0.2, 0) is 17.5 Å². The Balaban J connectivity index is 2.23. The monoisotopic (exact) mass is 288 g/mol. The molecule has 1 aromatic rings. The molecule has 1 amide bonds. The SMILES string of the molecule is NCCC1COC(=O)N1Cc1ccccc1C(F)(F)F. The van der Waals surface area contributed by atoms with Crippen molar-refractivity contribution in [2.45, 2.75) is 25.2 Å². The molecule has 1 aliphatic rings. The van der Waals surface area contributed by atoms with Gasteiger partial charge in [-0.25, -0.2) is 4.79 Å². The van der Waals surface area contributed by atoms with Crippen LogP contribution in [0.5, 0.6) is 0 Å². The first-order valence-corrected chi connectivity index (χ1v) is 6.22.